The molecule has 1 aliphatic heterocycles. The summed E-state index contributed by atoms with van der Waals surface area (Å²) in [4.78, 5) is 0.184. The van der Waals surface area contributed by atoms with Crippen LogP contribution in [0.1, 0.15) is 24.8 Å². The standard InChI is InChI=1S/C23H27FN4O4S/c1-16-6-9-18(10-7-16)33(30,31)26-21-11-8-17(32-23(21)15-29)12-13-28-14-22(25-27-28)19-4-2-3-5-20(19)24/h2-7,9-10,14,17,21,23,26,29H,8,11-13,15H2,1H3/t17-,21+,23-/m1/s1. The lowest BCUT2D eigenvalue weighted by molar-refractivity contribution is -0.0891. The second-order valence-electron chi connectivity index (χ2n) is 8.23. The van der Waals surface area contributed by atoms with Gasteiger partial charge in [-0.2, -0.15) is 0 Å². The van der Waals surface area contributed by atoms with Gasteiger partial charge in [0.05, 0.1) is 35.9 Å². The molecule has 0 radical (unpaired) electrons. The van der Waals surface area contributed by atoms with Gasteiger partial charge in [-0.3, -0.25) is 4.68 Å². The Hall–Kier alpha value is -2.66. The van der Waals surface area contributed by atoms with Crippen LogP contribution in [0.3, 0.4) is 0 Å². The number of sulfonamides is 1. The molecule has 2 N–H and O–H groups in total. The second-order valence-corrected chi connectivity index (χ2v) is 9.95. The number of ether oxygens (including phenoxy) is 1. The molecule has 0 unspecified atom stereocenters. The van der Waals surface area contributed by atoms with Gasteiger partial charge in [0, 0.05) is 12.1 Å². The lowest BCUT2D eigenvalue weighted by Crippen LogP contribution is -2.50. The zero-order valence-corrected chi connectivity index (χ0v) is 19.1. The Morgan fingerprint density at radius 3 is 2.67 bits per heavy atom. The molecule has 1 saturated heterocycles. The van der Waals surface area contributed by atoms with E-state index in [0.717, 1.165) is 5.56 Å². The molecule has 0 bridgehead atoms. The first-order valence-electron chi connectivity index (χ1n) is 10.9. The summed E-state index contributed by atoms with van der Waals surface area (Å²) in [5.41, 5.74) is 1.82. The van der Waals surface area contributed by atoms with E-state index in [1.165, 1.54) is 6.07 Å². The molecule has 1 aromatic heterocycles. The fourth-order valence-electron chi connectivity index (χ4n) is 3.94. The molecule has 3 atom stereocenters. The molecule has 1 fully saturated rings. The van der Waals surface area contributed by atoms with Crippen molar-refractivity contribution in [2.75, 3.05) is 6.61 Å². The highest BCUT2D eigenvalue weighted by Crippen LogP contribution is 2.25. The van der Waals surface area contributed by atoms with Crippen LogP contribution in [-0.4, -0.2) is 53.4 Å². The van der Waals surface area contributed by atoms with Crippen LogP contribution in [0, 0.1) is 12.7 Å². The summed E-state index contributed by atoms with van der Waals surface area (Å²) in [5, 5.41) is 17.9. The predicted octanol–water partition coefficient (Wildman–Crippen LogP) is 2.67. The Kier molecular flexibility index (Phi) is 7.18. The van der Waals surface area contributed by atoms with E-state index in [-0.39, 0.29) is 23.4 Å². The van der Waals surface area contributed by atoms with Gasteiger partial charge < -0.3 is 9.84 Å². The van der Waals surface area contributed by atoms with Gasteiger partial charge in [-0.15, -0.1) is 5.10 Å². The highest BCUT2D eigenvalue weighted by atomic mass is 32.2. The maximum Gasteiger partial charge on any atom is 0.240 e. The first-order chi connectivity index (χ1) is 15.9. The highest BCUT2D eigenvalue weighted by molar-refractivity contribution is 7.89. The van der Waals surface area contributed by atoms with Crippen molar-refractivity contribution in [1.82, 2.24) is 19.7 Å². The Labute approximate surface area is 192 Å². The summed E-state index contributed by atoms with van der Waals surface area (Å²) in [6, 6.07) is 12.5. The van der Waals surface area contributed by atoms with Crippen LogP contribution >= 0.6 is 0 Å². The molecule has 2 aromatic carbocycles. The molecule has 176 valence electrons. The first-order valence-corrected chi connectivity index (χ1v) is 12.3. The number of aliphatic hydroxyl groups excluding tert-OH is 1. The summed E-state index contributed by atoms with van der Waals surface area (Å²) >= 11 is 0. The molecule has 3 aromatic rings. The molecule has 8 nitrogen and oxygen atoms in total. The molecular formula is C23H27FN4O4S. The maximum absolute atomic E-state index is 14.0. The topological polar surface area (TPSA) is 106 Å². The monoisotopic (exact) mass is 474 g/mol. The number of hydrogen-bond acceptors (Lipinski definition) is 6. The van der Waals surface area contributed by atoms with Gasteiger partial charge in [0.1, 0.15) is 11.5 Å². The number of hydrogen-bond donors (Lipinski definition) is 2. The first kappa shape index (κ1) is 23.5. The number of nitrogens with zero attached hydrogens (tertiary/aromatic N) is 3. The number of nitrogens with one attached hydrogen (secondary N) is 1. The predicted molar refractivity (Wildman–Crippen MR) is 120 cm³/mol. The van der Waals surface area contributed by atoms with Gasteiger partial charge in [0.2, 0.25) is 10.0 Å². The highest BCUT2D eigenvalue weighted by Gasteiger charge is 2.34. The molecule has 0 amide bonds. The smallest absolute Gasteiger partial charge is 0.240 e. The minimum absolute atomic E-state index is 0.164. The summed E-state index contributed by atoms with van der Waals surface area (Å²) in [7, 11) is -3.71. The van der Waals surface area contributed by atoms with Crippen LogP contribution < -0.4 is 4.72 Å². The van der Waals surface area contributed by atoms with Gasteiger partial charge in [-0.25, -0.2) is 17.5 Å². The van der Waals surface area contributed by atoms with Gasteiger partial charge in [0.15, 0.2) is 0 Å². The third-order valence-electron chi connectivity index (χ3n) is 5.80. The van der Waals surface area contributed by atoms with Crippen molar-refractivity contribution in [2.24, 2.45) is 0 Å². The Bertz CT molecular complexity index is 1180. The molecule has 10 heteroatoms. The average Bonchev–Trinajstić information content (AvgIpc) is 3.27. The largest absolute Gasteiger partial charge is 0.394 e. The van der Waals surface area contributed by atoms with Crippen LogP contribution in [0.25, 0.3) is 11.3 Å². The van der Waals surface area contributed by atoms with Crippen molar-refractivity contribution in [3.63, 3.8) is 0 Å². The van der Waals surface area contributed by atoms with Crippen LogP contribution in [0.15, 0.2) is 59.6 Å². The summed E-state index contributed by atoms with van der Waals surface area (Å²) in [6.07, 6.45) is 2.65. The van der Waals surface area contributed by atoms with Crippen molar-refractivity contribution in [2.45, 2.75) is 55.9 Å². The summed E-state index contributed by atoms with van der Waals surface area (Å²) in [6.45, 7) is 2.10. The van der Waals surface area contributed by atoms with Gasteiger partial charge in [-0.1, -0.05) is 35.0 Å². The normalized spacial score (nSPS) is 21.2. The molecular weight excluding hydrogens is 447 g/mol. The Morgan fingerprint density at radius 1 is 1.18 bits per heavy atom. The van der Waals surface area contributed by atoms with E-state index in [0.29, 0.717) is 37.1 Å². The minimum Gasteiger partial charge on any atom is -0.394 e. The van der Waals surface area contributed by atoms with Gasteiger partial charge in [0.25, 0.3) is 0 Å². The van der Waals surface area contributed by atoms with E-state index >= 15 is 0 Å². The molecule has 1 aliphatic rings. The Morgan fingerprint density at radius 2 is 1.94 bits per heavy atom. The molecule has 0 spiro atoms. The zero-order valence-electron chi connectivity index (χ0n) is 18.3. The number of aryl methyl sites for hydroxylation is 2. The third kappa shape index (κ3) is 5.64. The number of halogens is 1. The second kappa shape index (κ2) is 10.1. The van der Waals surface area contributed by atoms with E-state index in [1.807, 2.05) is 6.92 Å². The number of rotatable bonds is 8. The lowest BCUT2D eigenvalue weighted by Gasteiger charge is -2.36. The van der Waals surface area contributed by atoms with E-state index < -0.39 is 22.2 Å². The molecule has 4 rings (SSSR count). The Balaban J connectivity index is 1.34. The maximum atomic E-state index is 14.0. The number of aliphatic hydroxyl groups is 1. The molecule has 0 saturated carbocycles. The van der Waals surface area contributed by atoms with E-state index in [9.17, 15) is 17.9 Å². The summed E-state index contributed by atoms with van der Waals surface area (Å²) < 4.78 is 49.7. The van der Waals surface area contributed by atoms with Crippen molar-refractivity contribution < 1.29 is 22.7 Å². The van der Waals surface area contributed by atoms with E-state index in [2.05, 4.69) is 15.0 Å². The zero-order chi connectivity index (χ0) is 23.4. The lowest BCUT2D eigenvalue weighted by atomic mass is 9.98. The van der Waals surface area contributed by atoms with Crippen molar-refractivity contribution >= 4 is 10.0 Å². The SMILES string of the molecule is Cc1ccc(S(=O)(=O)N[C@H]2CC[C@H](CCn3cc(-c4ccccc4F)nn3)O[C@@H]2CO)cc1. The van der Waals surface area contributed by atoms with E-state index in [4.69, 9.17) is 4.74 Å². The van der Waals surface area contributed by atoms with Crippen molar-refractivity contribution in [1.29, 1.82) is 0 Å². The fraction of sp³-hybridized carbons (Fsp3) is 0.391. The van der Waals surface area contributed by atoms with Crippen molar-refractivity contribution in [3.8, 4) is 11.3 Å². The van der Waals surface area contributed by atoms with Crippen LogP contribution in [0.4, 0.5) is 4.39 Å². The third-order valence-corrected chi connectivity index (χ3v) is 7.31. The number of benzene rings is 2. The van der Waals surface area contributed by atoms with Crippen LogP contribution in [-0.2, 0) is 21.3 Å². The van der Waals surface area contributed by atoms with Gasteiger partial charge >= 0.3 is 0 Å². The van der Waals surface area contributed by atoms with Crippen LogP contribution in [0.5, 0.6) is 0 Å². The van der Waals surface area contributed by atoms with Gasteiger partial charge in [-0.05, 0) is 50.5 Å². The van der Waals surface area contributed by atoms with Crippen molar-refractivity contribution in [3.05, 3.63) is 66.1 Å². The van der Waals surface area contributed by atoms with Crippen LogP contribution in [0.2, 0.25) is 0 Å². The average molecular weight is 475 g/mol. The van der Waals surface area contributed by atoms with E-state index in [1.54, 1.807) is 53.3 Å². The quantitative estimate of drug-likeness (QED) is 0.520. The fourth-order valence-corrected chi connectivity index (χ4v) is 5.24. The minimum atomic E-state index is -3.71. The molecule has 33 heavy (non-hydrogen) atoms. The number of aromatic nitrogens is 3. The summed E-state index contributed by atoms with van der Waals surface area (Å²) in [5.74, 6) is -0.356. The molecule has 2 heterocycles. The molecule has 0 aliphatic carbocycles.